The Labute approximate surface area is 108 Å². The number of ketones is 1. The molecule has 1 aromatic rings. The fourth-order valence-corrected chi connectivity index (χ4v) is 2.42. The third-order valence-electron chi connectivity index (χ3n) is 2.82. The molecule has 0 aliphatic rings. The van der Waals surface area contributed by atoms with Gasteiger partial charge in [0.25, 0.3) is 0 Å². The van der Waals surface area contributed by atoms with Gasteiger partial charge in [-0.3, -0.25) is 4.79 Å². The summed E-state index contributed by atoms with van der Waals surface area (Å²) in [5.41, 5.74) is 3.21. The van der Waals surface area contributed by atoms with Gasteiger partial charge in [0.2, 0.25) is 0 Å². The molecule has 2 nitrogen and oxygen atoms in total. The molecule has 0 amide bonds. The molecule has 1 aromatic carbocycles. The molecule has 94 valence electrons. The van der Waals surface area contributed by atoms with E-state index >= 15 is 0 Å². The maximum atomic E-state index is 12.1. The van der Waals surface area contributed by atoms with Crippen LogP contribution in [0.1, 0.15) is 28.4 Å². The Morgan fingerprint density at radius 2 is 2.06 bits per heavy atom. The molecule has 1 unspecified atom stereocenters. The molecule has 0 aromatic heterocycles. The van der Waals surface area contributed by atoms with Gasteiger partial charge in [-0.05, 0) is 38.0 Å². The summed E-state index contributed by atoms with van der Waals surface area (Å²) in [5.74, 6) is 1.06. The summed E-state index contributed by atoms with van der Waals surface area (Å²) in [6.07, 6.45) is 0. The van der Waals surface area contributed by atoms with E-state index in [4.69, 9.17) is 4.74 Å². The number of benzene rings is 1. The van der Waals surface area contributed by atoms with E-state index in [0.717, 1.165) is 11.3 Å². The van der Waals surface area contributed by atoms with Crippen LogP contribution in [0.5, 0.6) is 0 Å². The molecule has 17 heavy (non-hydrogen) atoms. The number of hydrogen-bond acceptors (Lipinski definition) is 3. The third-order valence-corrected chi connectivity index (χ3v) is 3.93. The summed E-state index contributed by atoms with van der Waals surface area (Å²) in [6, 6.07) is 5.90. The van der Waals surface area contributed by atoms with Crippen molar-refractivity contribution in [2.45, 2.75) is 26.0 Å². The first-order valence-electron chi connectivity index (χ1n) is 5.78. The van der Waals surface area contributed by atoms with E-state index < -0.39 is 0 Å². The van der Waals surface area contributed by atoms with Gasteiger partial charge < -0.3 is 4.74 Å². The molecule has 0 aliphatic carbocycles. The van der Waals surface area contributed by atoms with E-state index in [0.29, 0.717) is 6.61 Å². The second-order valence-corrected chi connectivity index (χ2v) is 5.62. The van der Waals surface area contributed by atoms with Crippen LogP contribution in [-0.4, -0.2) is 30.5 Å². The summed E-state index contributed by atoms with van der Waals surface area (Å²) in [5, 5.41) is -0.00717. The van der Waals surface area contributed by atoms with Crippen molar-refractivity contribution >= 4 is 17.5 Å². The number of Topliss-reactive ketones (excluding diaryl/α,β-unsaturated/α-hetero) is 1. The summed E-state index contributed by atoms with van der Waals surface area (Å²) in [7, 11) is 1.68. The average Bonchev–Trinajstić information content (AvgIpc) is 2.32. The normalized spacial score (nSPS) is 12.5. The summed E-state index contributed by atoms with van der Waals surface area (Å²) in [4.78, 5) is 12.1. The number of methoxy groups -OCH3 is 1. The van der Waals surface area contributed by atoms with Crippen LogP contribution in [0.15, 0.2) is 18.2 Å². The fraction of sp³-hybridized carbons (Fsp3) is 0.500. The standard InChI is InChI=1S/C14H20O2S/c1-10-5-6-13(9-11(10)2)14(15)12(3)17-8-7-16-4/h5-6,9,12H,7-8H2,1-4H3. The topological polar surface area (TPSA) is 26.3 Å². The Bertz CT molecular complexity index is 388. The lowest BCUT2D eigenvalue weighted by Crippen LogP contribution is -2.15. The molecule has 0 bridgehead atoms. The van der Waals surface area contributed by atoms with Crippen molar-refractivity contribution in [1.82, 2.24) is 0 Å². The van der Waals surface area contributed by atoms with E-state index in [2.05, 4.69) is 6.92 Å². The highest BCUT2D eigenvalue weighted by Gasteiger charge is 2.15. The van der Waals surface area contributed by atoms with Gasteiger partial charge in [-0.1, -0.05) is 12.1 Å². The average molecular weight is 252 g/mol. The Kier molecular flexibility index (Phi) is 5.72. The van der Waals surface area contributed by atoms with Gasteiger partial charge in [0.15, 0.2) is 5.78 Å². The fourth-order valence-electron chi connectivity index (χ4n) is 1.51. The van der Waals surface area contributed by atoms with E-state index in [1.54, 1.807) is 18.9 Å². The highest BCUT2D eigenvalue weighted by atomic mass is 32.2. The van der Waals surface area contributed by atoms with Crippen molar-refractivity contribution in [3.05, 3.63) is 34.9 Å². The molecule has 3 heteroatoms. The highest BCUT2D eigenvalue weighted by molar-refractivity contribution is 8.00. The highest BCUT2D eigenvalue weighted by Crippen LogP contribution is 2.18. The molecular weight excluding hydrogens is 232 g/mol. The first-order valence-corrected chi connectivity index (χ1v) is 6.83. The molecule has 0 saturated carbocycles. The van der Waals surface area contributed by atoms with Crippen LogP contribution in [0.2, 0.25) is 0 Å². The number of thioether (sulfide) groups is 1. The van der Waals surface area contributed by atoms with Crippen molar-refractivity contribution in [3.8, 4) is 0 Å². The Balaban J connectivity index is 2.65. The predicted octanol–water partition coefficient (Wildman–Crippen LogP) is 3.25. The lowest BCUT2D eigenvalue weighted by atomic mass is 10.0. The summed E-state index contributed by atoms with van der Waals surface area (Å²) >= 11 is 1.64. The lowest BCUT2D eigenvalue weighted by Gasteiger charge is -2.11. The lowest BCUT2D eigenvalue weighted by molar-refractivity contribution is 0.0994. The molecule has 0 spiro atoms. The van der Waals surface area contributed by atoms with Crippen LogP contribution in [0, 0.1) is 13.8 Å². The zero-order chi connectivity index (χ0) is 12.8. The van der Waals surface area contributed by atoms with Crippen LogP contribution in [0.4, 0.5) is 0 Å². The minimum Gasteiger partial charge on any atom is -0.384 e. The van der Waals surface area contributed by atoms with E-state index in [9.17, 15) is 4.79 Å². The molecule has 0 heterocycles. The molecule has 0 fully saturated rings. The number of aryl methyl sites for hydroxylation is 2. The van der Waals surface area contributed by atoms with Crippen LogP contribution >= 0.6 is 11.8 Å². The van der Waals surface area contributed by atoms with Gasteiger partial charge in [0.05, 0.1) is 11.9 Å². The Morgan fingerprint density at radius 3 is 2.65 bits per heavy atom. The predicted molar refractivity (Wildman–Crippen MR) is 74.0 cm³/mol. The second kappa shape index (κ2) is 6.82. The molecule has 1 atom stereocenters. The molecule has 1 rings (SSSR count). The van der Waals surface area contributed by atoms with Crippen LogP contribution in [0.25, 0.3) is 0 Å². The molecule has 0 radical (unpaired) electrons. The van der Waals surface area contributed by atoms with E-state index in [-0.39, 0.29) is 11.0 Å². The number of ether oxygens (including phenoxy) is 1. The molecular formula is C14H20O2S. The van der Waals surface area contributed by atoms with Crippen molar-refractivity contribution in [2.24, 2.45) is 0 Å². The van der Waals surface area contributed by atoms with Crippen molar-refractivity contribution < 1.29 is 9.53 Å². The second-order valence-electron chi connectivity index (χ2n) is 4.17. The van der Waals surface area contributed by atoms with Crippen LogP contribution in [-0.2, 0) is 4.74 Å². The Morgan fingerprint density at radius 1 is 1.35 bits per heavy atom. The largest absolute Gasteiger partial charge is 0.384 e. The minimum atomic E-state index is -0.00717. The maximum Gasteiger partial charge on any atom is 0.175 e. The van der Waals surface area contributed by atoms with Gasteiger partial charge in [-0.25, -0.2) is 0 Å². The Hall–Kier alpha value is -0.800. The van der Waals surface area contributed by atoms with E-state index in [1.165, 1.54) is 11.1 Å². The summed E-state index contributed by atoms with van der Waals surface area (Å²) < 4.78 is 4.98. The number of rotatable bonds is 6. The van der Waals surface area contributed by atoms with E-state index in [1.807, 2.05) is 32.0 Å². The first kappa shape index (κ1) is 14.3. The van der Waals surface area contributed by atoms with Gasteiger partial charge in [-0.2, -0.15) is 0 Å². The van der Waals surface area contributed by atoms with Crippen LogP contribution in [0.3, 0.4) is 0 Å². The number of carbonyl (C=O) groups excluding carboxylic acids is 1. The van der Waals surface area contributed by atoms with Crippen molar-refractivity contribution in [2.75, 3.05) is 19.5 Å². The summed E-state index contributed by atoms with van der Waals surface area (Å²) in [6.45, 7) is 6.74. The maximum absolute atomic E-state index is 12.1. The zero-order valence-corrected chi connectivity index (χ0v) is 11.8. The van der Waals surface area contributed by atoms with Crippen LogP contribution < -0.4 is 0 Å². The monoisotopic (exact) mass is 252 g/mol. The smallest absolute Gasteiger partial charge is 0.175 e. The first-order chi connectivity index (χ1) is 8.06. The number of hydrogen-bond donors (Lipinski definition) is 0. The SMILES string of the molecule is COCCSC(C)C(=O)c1ccc(C)c(C)c1. The zero-order valence-electron chi connectivity index (χ0n) is 10.9. The third kappa shape index (κ3) is 4.17. The van der Waals surface area contributed by atoms with Gasteiger partial charge in [0, 0.05) is 18.4 Å². The van der Waals surface area contributed by atoms with Crippen molar-refractivity contribution in [3.63, 3.8) is 0 Å². The number of carbonyl (C=O) groups is 1. The van der Waals surface area contributed by atoms with Crippen molar-refractivity contribution in [1.29, 1.82) is 0 Å². The molecule has 0 aliphatic heterocycles. The molecule has 0 N–H and O–H groups in total. The van der Waals surface area contributed by atoms with Gasteiger partial charge in [0.1, 0.15) is 0 Å². The minimum absolute atomic E-state index is 0.00717. The van der Waals surface area contributed by atoms with Gasteiger partial charge in [-0.15, -0.1) is 11.8 Å². The van der Waals surface area contributed by atoms with Gasteiger partial charge >= 0.3 is 0 Å². The quantitative estimate of drug-likeness (QED) is 0.574. The molecule has 0 saturated heterocycles.